The fourth-order valence-electron chi connectivity index (χ4n) is 3.38. The van der Waals surface area contributed by atoms with Gasteiger partial charge in [0, 0.05) is 37.8 Å². The van der Waals surface area contributed by atoms with E-state index >= 15 is 0 Å². The maximum absolute atomic E-state index is 11.9. The predicted molar refractivity (Wildman–Crippen MR) is 85.9 cm³/mol. The molecule has 0 bridgehead atoms. The molecule has 5 heteroatoms. The van der Waals surface area contributed by atoms with Crippen LogP contribution in [0.2, 0.25) is 0 Å². The Morgan fingerprint density at radius 1 is 1.23 bits per heavy atom. The number of carbonyl (C=O) groups excluding carboxylic acids is 2. The van der Waals surface area contributed by atoms with Crippen LogP contribution in [0.25, 0.3) is 0 Å². The number of anilines is 1. The number of hydrogen-bond donors (Lipinski definition) is 2. The molecular weight excluding hydrogens is 278 g/mol. The fourth-order valence-corrected chi connectivity index (χ4v) is 3.38. The van der Waals surface area contributed by atoms with E-state index in [1.807, 2.05) is 12.1 Å². The average molecular weight is 301 g/mol. The largest absolute Gasteiger partial charge is 0.366 e. The lowest BCUT2D eigenvalue weighted by Gasteiger charge is -2.37. The second-order valence-electron chi connectivity index (χ2n) is 6.05. The molecule has 0 spiro atoms. The molecule has 2 saturated heterocycles. The van der Waals surface area contributed by atoms with Crippen LogP contribution in [0.3, 0.4) is 0 Å². The highest BCUT2D eigenvalue weighted by molar-refractivity contribution is 6.00. The third-order valence-corrected chi connectivity index (χ3v) is 4.69. The highest BCUT2D eigenvalue weighted by atomic mass is 16.2. The molecule has 2 fully saturated rings. The Balaban J connectivity index is 1.75. The van der Waals surface area contributed by atoms with E-state index in [-0.39, 0.29) is 17.7 Å². The zero-order valence-corrected chi connectivity index (χ0v) is 13.0. The first-order chi connectivity index (χ1) is 10.7. The molecule has 118 valence electrons. The third-order valence-electron chi connectivity index (χ3n) is 4.69. The van der Waals surface area contributed by atoms with Gasteiger partial charge in [0.1, 0.15) is 0 Å². The van der Waals surface area contributed by atoms with Gasteiger partial charge in [-0.1, -0.05) is 19.1 Å². The smallest absolute Gasteiger partial charge is 0.234 e. The number of carbonyl (C=O) groups is 2. The van der Waals surface area contributed by atoms with Crippen molar-refractivity contribution in [2.24, 2.45) is 0 Å². The summed E-state index contributed by atoms with van der Waals surface area (Å²) >= 11 is 0. The number of amides is 2. The molecule has 1 aromatic rings. The van der Waals surface area contributed by atoms with Crippen LogP contribution in [-0.4, -0.2) is 37.5 Å². The summed E-state index contributed by atoms with van der Waals surface area (Å²) in [5.74, 6) is -0.529. The minimum absolute atomic E-state index is 0.163. The molecule has 2 atom stereocenters. The maximum Gasteiger partial charge on any atom is 0.234 e. The van der Waals surface area contributed by atoms with Gasteiger partial charge in [-0.3, -0.25) is 14.9 Å². The first-order valence-corrected chi connectivity index (χ1v) is 8.10. The van der Waals surface area contributed by atoms with E-state index in [4.69, 9.17) is 0 Å². The minimum atomic E-state index is -0.197. The van der Waals surface area contributed by atoms with E-state index in [0.717, 1.165) is 31.6 Å². The molecule has 0 aromatic heterocycles. The standard InChI is InChI=1S/C17H23N3O2/c1-2-13-11-18-9-10-20(13)14-5-3-12(4-6-14)15-7-8-16(21)19-17(15)22/h3-6,13,15,18H,2,7-11H2,1H3,(H,19,21,22)/t13-,15?/m0/s1. The van der Waals surface area contributed by atoms with Gasteiger partial charge in [-0.05, 0) is 30.5 Å². The quantitative estimate of drug-likeness (QED) is 0.828. The summed E-state index contributed by atoms with van der Waals surface area (Å²) in [6.45, 7) is 5.25. The Morgan fingerprint density at radius 3 is 2.68 bits per heavy atom. The van der Waals surface area contributed by atoms with Crippen LogP contribution in [0.5, 0.6) is 0 Å². The van der Waals surface area contributed by atoms with Gasteiger partial charge in [-0.25, -0.2) is 0 Å². The number of hydrogen-bond acceptors (Lipinski definition) is 4. The number of nitrogens with one attached hydrogen (secondary N) is 2. The van der Waals surface area contributed by atoms with Gasteiger partial charge in [0.15, 0.2) is 0 Å². The summed E-state index contributed by atoms with van der Waals surface area (Å²) in [7, 11) is 0. The van der Waals surface area contributed by atoms with Crippen LogP contribution in [0.1, 0.15) is 37.7 Å². The molecule has 2 aliphatic rings. The van der Waals surface area contributed by atoms with Gasteiger partial charge >= 0.3 is 0 Å². The monoisotopic (exact) mass is 301 g/mol. The number of benzene rings is 1. The zero-order valence-electron chi connectivity index (χ0n) is 13.0. The summed E-state index contributed by atoms with van der Waals surface area (Å²) in [6, 6.07) is 8.80. The van der Waals surface area contributed by atoms with Gasteiger partial charge in [0.05, 0.1) is 5.92 Å². The Hall–Kier alpha value is -1.88. The van der Waals surface area contributed by atoms with E-state index in [9.17, 15) is 9.59 Å². The summed E-state index contributed by atoms with van der Waals surface area (Å²) in [5.41, 5.74) is 2.21. The zero-order chi connectivity index (χ0) is 15.5. The predicted octanol–water partition coefficient (Wildman–Crippen LogP) is 1.39. The van der Waals surface area contributed by atoms with Crippen LogP contribution in [0.15, 0.2) is 24.3 Å². The van der Waals surface area contributed by atoms with Crippen molar-refractivity contribution in [2.45, 2.75) is 38.1 Å². The first-order valence-electron chi connectivity index (χ1n) is 8.10. The SMILES string of the molecule is CC[C@H]1CNCCN1c1ccc(C2CCC(=O)NC2=O)cc1. The normalized spacial score (nSPS) is 26.0. The Morgan fingerprint density at radius 2 is 2.00 bits per heavy atom. The lowest BCUT2D eigenvalue weighted by molar-refractivity contribution is -0.134. The summed E-state index contributed by atoms with van der Waals surface area (Å²) in [5, 5.41) is 5.86. The van der Waals surface area contributed by atoms with Gasteiger partial charge in [-0.2, -0.15) is 0 Å². The Bertz CT molecular complexity index is 556. The molecule has 1 unspecified atom stereocenters. The fraction of sp³-hybridized carbons (Fsp3) is 0.529. The van der Waals surface area contributed by atoms with Crippen molar-refractivity contribution in [2.75, 3.05) is 24.5 Å². The van der Waals surface area contributed by atoms with Gasteiger partial charge < -0.3 is 10.2 Å². The van der Waals surface area contributed by atoms with E-state index < -0.39 is 0 Å². The highest BCUT2D eigenvalue weighted by Gasteiger charge is 2.28. The summed E-state index contributed by atoms with van der Waals surface area (Å²) < 4.78 is 0. The van der Waals surface area contributed by atoms with Crippen LogP contribution in [0.4, 0.5) is 5.69 Å². The number of piperidine rings is 1. The van der Waals surface area contributed by atoms with Crippen molar-refractivity contribution in [1.82, 2.24) is 10.6 Å². The van der Waals surface area contributed by atoms with Crippen molar-refractivity contribution in [1.29, 1.82) is 0 Å². The molecular formula is C17H23N3O2. The molecule has 2 aliphatic heterocycles. The van der Waals surface area contributed by atoms with Crippen molar-refractivity contribution >= 4 is 17.5 Å². The van der Waals surface area contributed by atoms with E-state index in [1.54, 1.807) is 0 Å². The summed E-state index contributed by atoms with van der Waals surface area (Å²) in [4.78, 5) is 25.6. The lowest BCUT2D eigenvalue weighted by atomic mass is 9.90. The van der Waals surface area contributed by atoms with Crippen molar-refractivity contribution in [3.63, 3.8) is 0 Å². The van der Waals surface area contributed by atoms with Gasteiger partial charge in [-0.15, -0.1) is 0 Å². The van der Waals surface area contributed by atoms with E-state index in [0.29, 0.717) is 18.9 Å². The van der Waals surface area contributed by atoms with Crippen LogP contribution in [0, 0.1) is 0 Å². The maximum atomic E-state index is 11.9. The molecule has 22 heavy (non-hydrogen) atoms. The van der Waals surface area contributed by atoms with E-state index in [1.165, 1.54) is 5.69 Å². The third kappa shape index (κ3) is 2.99. The number of piperazine rings is 1. The van der Waals surface area contributed by atoms with Gasteiger partial charge in [0.25, 0.3) is 0 Å². The highest BCUT2D eigenvalue weighted by Crippen LogP contribution is 2.28. The Kier molecular flexibility index (Phi) is 4.43. The van der Waals surface area contributed by atoms with Crippen molar-refractivity contribution in [3.8, 4) is 0 Å². The molecule has 2 amide bonds. The second kappa shape index (κ2) is 6.48. The summed E-state index contributed by atoms with van der Waals surface area (Å²) in [6.07, 6.45) is 2.14. The van der Waals surface area contributed by atoms with Gasteiger partial charge in [0.2, 0.25) is 11.8 Å². The number of rotatable bonds is 3. The first kappa shape index (κ1) is 15.0. The number of imide groups is 1. The van der Waals surface area contributed by atoms with Crippen LogP contribution in [-0.2, 0) is 9.59 Å². The van der Waals surface area contributed by atoms with Crippen molar-refractivity contribution < 1.29 is 9.59 Å². The molecule has 3 rings (SSSR count). The molecule has 0 aliphatic carbocycles. The second-order valence-corrected chi connectivity index (χ2v) is 6.05. The molecule has 0 radical (unpaired) electrons. The topological polar surface area (TPSA) is 61.4 Å². The Labute approximate surface area is 131 Å². The average Bonchev–Trinajstić information content (AvgIpc) is 2.55. The molecule has 1 aromatic carbocycles. The molecule has 2 N–H and O–H groups in total. The minimum Gasteiger partial charge on any atom is -0.366 e. The molecule has 2 heterocycles. The van der Waals surface area contributed by atoms with Crippen LogP contribution >= 0.6 is 0 Å². The van der Waals surface area contributed by atoms with E-state index in [2.05, 4.69) is 34.6 Å². The molecule has 0 saturated carbocycles. The van der Waals surface area contributed by atoms with Crippen molar-refractivity contribution in [3.05, 3.63) is 29.8 Å². The molecule has 5 nitrogen and oxygen atoms in total. The lowest BCUT2D eigenvalue weighted by Crippen LogP contribution is -2.51. The van der Waals surface area contributed by atoms with Crippen LogP contribution < -0.4 is 15.5 Å². The number of nitrogens with zero attached hydrogens (tertiary/aromatic N) is 1.